The highest BCUT2D eigenvalue weighted by molar-refractivity contribution is 7.09. The summed E-state index contributed by atoms with van der Waals surface area (Å²) in [4.78, 5) is 8.82. The number of hydrogen-bond donors (Lipinski definition) is 1. The number of hydrogen-bond acceptors (Lipinski definition) is 4. The fourth-order valence-corrected chi connectivity index (χ4v) is 2.71. The van der Waals surface area contributed by atoms with Crippen molar-refractivity contribution >= 4 is 17.3 Å². The number of anilines is 1. The van der Waals surface area contributed by atoms with E-state index >= 15 is 0 Å². The fraction of sp³-hybridized carbons (Fsp3) is 0.538. The predicted molar refractivity (Wildman–Crippen MR) is 76.1 cm³/mol. The van der Waals surface area contributed by atoms with Crippen molar-refractivity contribution in [2.24, 2.45) is 5.92 Å². The van der Waals surface area contributed by atoms with Gasteiger partial charge in [0.15, 0.2) is 0 Å². The zero-order valence-corrected chi connectivity index (χ0v) is 11.9. The molecule has 0 aliphatic carbocycles. The van der Waals surface area contributed by atoms with Gasteiger partial charge >= 0.3 is 0 Å². The summed E-state index contributed by atoms with van der Waals surface area (Å²) in [5.74, 6) is 1.54. The Labute approximate surface area is 112 Å². The molecule has 0 saturated carbocycles. The van der Waals surface area contributed by atoms with Gasteiger partial charge in [-0.3, -0.25) is 0 Å². The summed E-state index contributed by atoms with van der Waals surface area (Å²) in [5.41, 5.74) is 0. The van der Waals surface area contributed by atoms with E-state index in [0.717, 1.165) is 23.9 Å². The lowest BCUT2D eigenvalue weighted by Crippen LogP contribution is -2.16. The van der Waals surface area contributed by atoms with Gasteiger partial charge in [-0.2, -0.15) is 0 Å². The van der Waals surface area contributed by atoms with Gasteiger partial charge in [-0.05, 0) is 12.3 Å². The molecule has 2 aromatic rings. The Balaban J connectivity index is 2.19. The molecule has 5 heteroatoms. The van der Waals surface area contributed by atoms with Crippen LogP contribution in [0.3, 0.4) is 0 Å². The molecule has 2 heterocycles. The van der Waals surface area contributed by atoms with Crippen molar-refractivity contribution < 1.29 is 0 Å². The highest BCUT2D eigenvalue weighted by Gasteiger charge is 2.17. The quantitative estimate of drug-likeness (QED) is 0.869. The average molecular weight is 264 g/mol. The van der Waals surface area contributed by atoms with Crippen LogP contribution in [0.2, 0.25) is 0 Å². The summed E-state index contributed by atoms with van der Waals surface area (Å²) in [6.45, 7) is 7.50. The molecule has 2 aromatic heterocycles. The fourth-order valence-electron chi connectivity index (χ4n) is 1.89. The lowest BCUT2D eigenvalue weighted by atomic mass is 10.2. The number of thiazole rings is 1. The summed E-state index contributed by atoms with van der Waals surface area (Å²) in [6.07, 6.45) is 6.75. The van der Waals surface area contributed by atoms with Crippen LogP contribution >= 0.6 is 11.3 Å². The number of nitrogens with one attached hydrogen (secondary N) is 1. The van der Waals surface area contributed by atoms with Crippen molar-refractivity contribution in [3.63, 3.8) is 0 Å². The molecule has 18 heavy (non-hydrogen) atoms. The Morgan fingerprint density at radius 2 is 2.17 bits per heavy atom. The van der Waals surface area contributed by atoms with Crippen molar-refractivity contribution in [1.29, 1.82) is 0 Å². The zero-order valence-electron chi connectivity index (χ0n) is 11.1. The molecule has 0 fully saturated rings. The summed E-state index contributed by atoms with van der Waals surface area (Å²) in [5, 5.41) is 6.56. The molecule has 0 spiro atoms. The topological polar surface area (TPSA) is 42.7 Å². The maximum atomic E-state index is 4.42. The minimum absolute atomic E-state index is 0.280. The maximum absolute atomic E-state index is 4.42. The summed E-state index contributed by atoms with van der Waals surface area (Å²) in [7, 11) is 0. The highest BCUT2D eigenvalue weighted by Crippen LogP contribution is 2.26. The monoisotopic (exact) mass is 264 g/mol. The van der Waals surface area contributed by atoms with E-state index in [2.05, 4.69) is 40.6 Å². The summed E-state index contributed by atoms with van der Waals surface area (Å²) >= 11 is 1.70. The normalized spacial score (nSPS) is 12.9. The molecule has 0 aliphatic rings. The Morgan fingerprint density at radius 3 is 2.78 bits per heavy atom. The molecule has 2 rings (SSSR count). The predicted octanol–water partition coefficient (Wildman–Crippen LogP) is 3.41. The van der Waals surface area contributed by atoms with Crippen LogP contribution in [-0.4, -0.2) is 21.1 Å². The third-order valence-corrected chi connectivity index (χ3v) is 3.67. The van der Waals surface area contributed by atoms with Gasteiger partial charge in [0.1, 0.15) is 5.01 Å². The van der Waals surface area contributed by atoms with E-state index in [1.54, 1.807) is 11.3 Å². The van der Waals surface area contributed by atoms with Gasteiger partial charge in [0.05, 0.1) is 6.04 Å². The van der Waals surface area contributed by atoms with Crippen LogP contribution in [-0.2, 0) is 0 Å². The largest absolute Gasteiger partial charge is 0.355 e. The van der Waals surface area contributed by atoms with Crippen molar-refractivity contribution in [3.05, 3.63) is 29.0 Å². The molecular weight excluding hydrogens is 244 g/mol. The SMILES string of the molecule is CCC(c1nccs1)n1ccnc1NCC(C)C. The first kappa shape index (κ1) is 13.1. The molecule has 4 nitrogen and oxygen atoms in total. The number of imidazole rings is 1. The van der Waals surface area contributed by atoms with E-state index in [4.69, 9.17) is 0 Å². The minimum atomic E-state index is 0.280. The minimum Gasteiger partial charge on any atom is -0.355 e. The number of nitrogens with zero attached hydrogens (tertiary/aromatic N) is 3. The van der Waals surface area contributed by atoms with Gasteiger partial charge in [-0.15, -0.1) is 11.3 Å². The smallest absolute Gasteiger partial charge is 0.203 e. The van der Waals surface area contributed by atoms with Gasteiger partial charge in [-0.25, -0.2) is 9.97 Å². The van der Waals surface area contributed by atoms with Crippen molar-refractivity contribution in [2.45, 2.75) is 33.2 Å². The highest BCUT2D eigenvalue weighted by atomic mass is 32.1. The van der Waals surface area contributed by atoms with E-state index in [1.165, 1.54) is 0 Å². The Hall–Kier alpha value is -1.36. The molecule has 98 valence electrons. The van der Waals surface area contributed by atoms with Crippen LogP contribution in [0, 0.1) is 5.92 Å². The molecule has 0 saturated heterocycles. The number of rotatable bonds is 6. The standard InChI is InChI=1S/C13H20N4S/c1-4-11(12-14-6-8-18-12)17-7-5-15-13(17)16-9-10(2)3/h5-8,10-11H,4,9H2,1-3H3,(H,15,16). The molecule has 1 N–H and O–H groups in total. The van der Waals surface area contributed by atoms with Gasteiger partial charge in [0, 0.05) is 30.5 Å². The number of aromatic nitrogens is 3. The molecule has 0 amide bonds. The van der Waals surface area contributed by atoms with Crippen molar-refractivity contribution in [3.8, 4) is 0 Å². The van der Waals surface area contributed by atoms with Crippen LogP contribution in [0.25, 0.3) is 0 Å². The summed E-state index contributed by atoms with van der Waals surface area (Å²) < 4.78 is 2.18. The first-order valence-electron chi connectivity index (χ1n) is 6.38. The van der Waals surface area contributed by atoms with Crippen LogP contribution in [0.5, 0.6) is 0 Å². The van der Waals surface area contributed by atoms with Crippen molar-refractivity contribution in [1.82, 2.24) is 14.5 Å². The van der Waals surface area contributed by atoms with Gasteiger partial charge in [0.2, 0.25) is 5.95 Å². The van der Waals surface area contributed by atoms with Crippen LogP contribution < -0.4 is 5.32 Å². The van der Waals surface area contributed by atoms with Crippen molar-refractivity contribution in [2.75, 3.05) is 11.9 Å². The van der Waals surface area contributed by atoms with Crippen LogP contribution in [0.1, 0.15) is 38.2 Å². The second-order valence-electron chi connectivity index (χ2n) is 4.73. The Bertz CT molecular complexity index is 461. The molecular formula is C13H20N4S. The maximum Gasteiger partial charge on any atom is 0.203 e. The Kier molecular flexibility index (Phi) is 4.36. The molecule has 0 radical (unpaired) electrons. The van der Waals surface area contributed by atoms with Gasteiger partial charge in [0.25, 0.3) is 0 Å². The third kappa shape index (κ3) is 2.90. The van der Waals surface area contributed by atoms with Crippen LogP contribution in [0.15, 0.2) is 24.0 Å². The van der Waals surface area contributed by atoms with E-state index in [0.29, 0.717) is 5.92 Å². The lowest BCUT2D eigenvalue weighted by molar-refractivity contribution is 0.564. The lowest BCUT2D eigenvalue weighted by Gasteiger charge is -2.18. The second-order valence-corrected chi connectivity index (χ2v) is 5.65. The summed E-state index contributed by atoms with van der Waals surface area (Å²) in [6, 6.07) is 0.280. The Morgan fingerprint density at radius 1 is 1.33 bits per heavy atom. The van der Waals surface area contributed by atoms with E-state index in [9.17, 15) is 0 Å². The average Bonchev–Trinajstić information content (AvgIpc) is 2.99. The van der Waals surface area contributed by atoms with Gasteiger partial charge in [-0.1, -0.05) is 20.8 Å². The first-order chi connectivity index (χ1) is 8.72. The van der Waals surface area contributed by atoms with E-state index in [1.807, 2.05) is 24.0 Å². The molecule has 0 aromatic carbocycles. The van der Waals surface area contributed by atoms with E-state index < -0.39 is 0 Å². The molecule has 1 atom stereocenters. The third-order valence-electron chi connectivity index (χ3n) is 2.80. The van der Waals surface area contributed by atoms with Crippen LogP contribution in [0.4, 0.5) is 5.95 Å². The van der Waals surface area contributed by atoms with E-state index in [-0.39, 0.29) is 6.04 Å². The molecule has 0 bridgehead atoms. The second kappa shape index (κ2) is 6.00. The zero-order chi connectivity index (χ0) is 13.0. The van der Waals surface area contributed by atoms with Gasteiger partial charge < -0.3 is 9.88 Å². The molecule has 1 unspecified atom stereocenters. The first-order valence-corrected chi connectivity index (χ1v) is 7.26. The molecule has 0 aliphatic heterocycles.